The molecule has 3 rings (SSSR count). The maximum atomic E-state index is 12.1. The SMILES string of the molecule is CC(C)OC(=O)OCSP(=O)(O)OC[C@H]1O[C@@H](n2cnc3c(N)ncnc32)C[C@@H]1O. The molecule has 15 heteroatoms. The van der Waals surface area contributed by atoms with Gasteiger partial charge in [-0.05, 0) is 13.8 Å². The number of aliphatic hydroxyl groups is 1. The second-order valence-corrected chi connectivity index (χ2v) is 10.4. The van der Waals surface area contributed by atoms with E-state index in [0.29, 0.717) is 22.5 Å². The second-order valence-electron chi connectivity index (χ2n) is 6.59. The van der Waals surface area contributed by atoms with Gasteiger partial charge in [-0.25, -0.2) is 24.3 Å². The highest BCUT2D eigenvalue weighted by atomic mass is 32.7. The van der Waals surface area contributed by atoms with Gasteiger partial charge in [0.25, 0.3) is 0 Å². The summed E-state index contributed by atoms with van der Waals surface area (Å²) in [6, 6.07) is 0. The summed E-state index contributed by atoms with van der Waals surface area (Å²) in [4.78, 5) is 33.3. The molecule has 1 unspecified atom stereocenters. The van der Waals surface area contributed by atoms with Crippen LogP contribution in [0.1, 0.15) is 26.5 Å². The molecule has 0 aliphatic carbocycles. The fourth-order valence-electron chi connectivity index (χ4n) is 2.69. The standard InChI is InChI=1S/C15H22N5O8PS/c1-8(2)27-15(22)25-7-30-29(23,24)26-4-10-9(21)3-11(28-10)20-6-19-12-13(16)17-5-18-14(12)20/h5-6,8-11,21H,3-4,7H2,1-2H3,(H,23,24)(H2,16,17,18)/t9-,10+,11+/m0/s1. The van der Waals surface area contributed by atoms with Crippen LogP contribution in [0.25, 0.3) is 11.2 Å². The number of hydrogen-bond donors (Lipinski definition) is 3. The average molecular weight is 463 g/mol. The molecule has 0 bridgehead atoms. The summed E-state index contributed by atoms with van der Waals surface area (Å²) in [5.41, 5.74) is 6.61. The van der Waals surface area contributed by atoms with Gasteiger partial charge in [0.2, 0.25) is 0 Å². The normalized spacial score (nSPS) is 23.6. The van der Waals surface area contributed by atoms with Crippen molar-refractivity contribution in [2.24, 2.45) is 0 Å². The van der Waals surface area contributed by atoms with Crippen LogP contribution >= 0.6 is 18.2 Å². The number of aliphatic hydroxyl groups excluding tert-OH is 1. The Hall–Kier alpha value is -1.96. The average Bonchev–Trinajstić information content (AvgIpc) is 3.23. The van der Waals surface area contributed by atoms with Crippen molar-refractivity contribution in [3.8, 4) is 0 Å². The molecule has 1 aliphatic heterocycles. The molecule has 1 aliphatic rings. The Morgan fingerprint density at radius 3 is 2.97 bits per heavy atom. The van der Waals surface area contributed by atoms with Gasteiger partial charge >= 0.3 is 13.0 Å². The Kier molecular flexibility index (Phi) is 7.16. The van der Waals surface area contributed by atoms with E-state index >= 15 is 0 Å². The van der Waals surface area contributed by atoms with E-state index in [1.54, 1.807) is 18.4 Å². The first-order valence-corrected chi connectivity index (χ1v) is 12.0. The van der Waals surface area contributed by atoms with E-state index in [1.165, 1.54) is 12.7 Å². The van der Waals surface area contributed by atoms with Crippen molar-refractivity contribution in [2.45, 2.75) is 44.8 Å². The van der Waals surface area contributed by atoms with Crippen molar-refractivity contribution in [2.75, 3.05) is 18.3 Å². The third kappa shape index (κ3) is 5.59. The Labute approximate surface area is 175 Å². The van der Waals surface area contributed by atoms with E-state index < -0.39 is 37.3 Å². The van der Waals surface area contributed by atoms with Crippen LogP contribution in [0, 0.1) is 0 Å². The van der Waals surface area contributed by atoms with Crippen LogP contribution < -0.4 is 5.73 Å². The van der Waals surface area contributed by atoms with E-state index in [0.717, 1.165) is 0 Å². The van der Waals surface area contributed by atoms with Crippen LogP contribution in [-0.2, 0) is 23.3 Å². The van der Waals surface area contributed by atoms with Crippen LogP contribution in [0.15, 0.2) is 12.7 Å². The van der Waals surface area contributed by atoms with Crippen molar-refractivity contribution in [3.63, 3.8) is 0 Å². The van der Waals surface area contributed by atoms with Crippen molar-refractivity contribution in [1.82, 2.24) is 19.5 Å². The number of carbonyl (C=O) groups is 1. The summed E-state index contributed by atoms with van der Waals surface area (Å²) in [5.74, 6) is -0.215. The van der Waals surface area contributed by atoms with E-state index in [4.69, 9.17) is 19.7 Å². The molecule has 0 aromatic carbocycles. The first-order valence-electron chi connectivity index (χ1n) is 8.88. The van der Waals surface area contributed by atoms with Crippen molar-refractivity contribution >= 4 is 41.3 Å². The molecule has 1 saturated heterocycles. The lowest BCUT2D eigenvalue weighted by molar-refractivity contribution is -0.0388. The van der Waals surface area contributed by atoms with E-state index in [2.05, 4.69) is 19.7 Å². The number of fused-ring (bicyclic) bond motifs is 1. The van der Waals surface area contributed by atoms with Crippen LogP contribution in [0.5, 0.6) is 0 Å². The highest BCUT2D eigenvalue weighted by Gasteiger charge is 2.37. The van der Waals surface area contributed by atoms with Gasteiger partial charge in [-0.3, -0.25) is 9.09 Å². The van der Waals surface area contributed by atoms with Gasteiger partial charge < -0.3 is 29.9 Å². The predicted molar refractivity (Wildman–Crippen MR) is 105 cm³/mol. The van der Waals surface area contributed by atoms with Crippen LogP contribution in [0.3, 0.4) is 0 Å². The summed E-state index contributed by atoms with van der Waals surface area (Å²) < 4.78 is 33.8. The van der Waals surface area contributed by atoms with Crippen LogP contribution in [0.2, 0.25) is 0 Å². The fourth-order valence-corrected chi connectivity index (χ4v) is 4.35. The maximum Gasteiger partial charge on any atom is 0.509 e. The van der Waals surface area contributed by atoms with E-state index in [9.17, 15) is 19.4 Å². The molecule has 2 aromatic rings. The zero-order valence-electron chi connectivity index (χ0n) is 16.2. The number of imidazole rings is 1. The maximum absolute atomic E-state index is 12.1. The lowest BCUT2D eigenvalue weighted by Crippen LogP contribution is -2.25. The first-order chi connectivity index (χ1) is 14.2. The molecular formula is C15H22N5O8PS. The lowest BCUT2D eigenvalue weighted by atomic mass is 10.2. The first kappa shape index (κ1) is 22.7. The lowest BCUT2D eigenvalue weighted by Gasteiger charge is -2.18. The minimum absolute atomic E-state index is 0.191. The Balaban J connectivity index is 1.52. The summed E-state index contributed by atoms with van der Waals surface area (Å²) in [6.07, 6.45) is -0.801. The molecule has 0 saturated carbocycles. The van der Waals surface area contributed by atoms with Crippen molar-refractivity contribution in [1.29, 1.82) is 0 Å². The number of rotatable bonds is 8. The molecule has 0 radical (unpaired) electrons. The summed E-state index contributed by atoms with van der Waals surface area (Å²) in [6.45, 7) is -1.22. The number of nitrogens with zero attached hydrogens (tertiary/aromatic N) is 4. The molecule has 3 heterocycles. The van der Waals surface area contributed by atoms with Gasteiger partial charge in [-0.1, -0.05) is 0 Å². The highest BCUT2D eigenvalue weighted by Crippen LogP contribution is 2.56. The Morgan fingerprint density at radius 2 is 2.23 bits per heavy atom. The molecule has 13 nitrogen and oxygen atoms in total. The van der Waals surface area contributed by atoms with Gasteiger partial charge in [0.05, 0.1) is 25.1 Å². The third-order valence-electron chi connectivity index (χ3n) is 4.03. The minimum Gasteiger partial charge on any atom is -0.432 e. The minimum atomic E-state index is -4.15. The van der Waals surface area contributed by atoms with Crippen molar-refractivity contribution in [3.05, 3.63) is 12.7 Å². The molecule has 2 aromatic heterocycles. The van der Waals surface area contributed by atoms with Gasteiger partial charge in [0.15, 0.2) is 17.4 Å². The van der Waals surface area contributed by atoms with Gasteiger partial charge in [0, 0.05) is 17.8 Å². The zero-order chi connectivity index (χ0) is 21.9. The molecule has 166 valence electrons. The number of nitrogen functional groups attached to an aromatic ring is 1. The monoisotopic (exact) mass is 463 g/mol. The Bertz CT molecular complexity index is 943. The van der Waals surface area contributed by atoms with Crippen LogP contribution in [0.4, 0.5) is 10.6 Å². The summed E-state index contributed by atoms with van der Waals surface area (Å²) in [7, 11) is 0. The summed E-state index contributed by atoms with van der Waals surface area (Å²) >= 11 is 0.403. The quantitative estimate of drug-likeness (QED) is 0.291. The molecular weight excluding hydrogens is 441 g/mol. The van der Waals surface area contributed by atoms with Crippen molar-refractivity contribution < 1.29 is 38.1 Å². The molecule has 0 spiro atoms. The van der Waals surface area contributed by atoms with Crippen LogP contribution in [-0.4, -0.2) is 66.5 Å². The number of anilines is 1. The largest absolute Gasteiger partial charge is 0.509 e. The van der Waals surface area contributed by atoms with E-state index in [-0.39, 0.29) is 24.9 Å². The molecule has 4 N–H and O–H groups in total. The summed E-state index contributed by atoms with van der Waals surface area (Å²) in [5, 5.41) is 10.3. The third-order valence-corrected chi connectivity index (χ3v) is 6.66. The number of hydrogen-bond acceptors (Lipinski definition) is 12. The van der Waals surface area contributed by atoms with Gasteiger partial charge in [-0.2, -0.15) is 0 Å². The molecule has 0 amide bonds. The topological polar surface area (TPSA) is 181 Å². The molecule has 1 fully saturated rings. The van der Waals surface area contributed by atoms with Gasteiger partial charge in [-0.15, -0.1) is 0 Å². The zero-order valence-corrected chi connectivity index (χ0v) is 17.9. The molecule has 4 atom stereocenters. The Morgan fingerprint density at radius 1 is 1.47 bits per heavy atom. The number of ether oxygens (including phenoxy) is 3. The smallest absolute Gasteiger partial charge is 0.432 e. The fraction of sp³-hybridized carbons (Fsp3) is 0.600. The highest BCUT2D eigenvalue weighted by molar-refractivity contribution is 8.54. The number of carbonyl (C=O) groups excluding carboxylic acids is 1. The number of aromatic nitrogens is 4. The molecule has 30 heavy (non-hydrogen) atoms. The predicted octanol–water partition coefficient (Wildman–Crippen LogP) is 1.43. The van der Waals surface area contributed by atoms with E-state index in [1.807, 2.05) is 0 Å². The number of nitrogens with two attached hydrogens (primary N) is 1. The van der Waals surface area contributed by atoms with Gasteiger partial charge in [0.1, 0.15) is 24.2 Å². The second kappa shape index (κ2) is 9.45.